The summed E-state index contributed by atoms with van der Waals surface area (Å²) in [7, 11) is 0. The fourth-order valence-electron chi connectivity index (χ4n) is 4.98. The molecule has 8 heteroatoms. The molecule has 2 aromatic heterocycles. The minimum absolute atomic E-state index is 0.179. The molecule has 5 rings (SSSR count). The molecule has 26 heavy (non-hydrogen) atoms. The molecule has 1 N–H and O–H groups in total. The van der Waals surface area contributed by atoms with Gasteiger partial charge in [-0.05, 0) is 43.3 Å². The third-order valence-electron chi connectivity index (χ3n) is 6.04. The van der Waals surface area contributed by atoms with Crippen molar-refractivity contribution < 1.29 is 9.50 Å². The van der Waals surface area contributed by atoms with Gasteiger partial charge in [0, 0.05) is 12.6 Å². The van der Waals surface area contributed by atoms with E-state index in [0.29, 0.717) is 34.5 Å². The number of hydrogen-bond donors (Lipinski definition) is 1. The molecule has 2 fully saturated rings. The molecule has 1 saturated heterocycles. The first-order chi connectivity index (χ1) is 12.6. The number of nitrogens with zero attached hydrogens (tertiary/aromatic N) is 4. The number of halogens is 2. The van der Waals surface area contributed by atoms with E-state index in [-0.39, 0.29) is 16.7 Å². The van der Waals surface area contributed by atoms with Gasteiger partial charge in [-0.2, -0.15) is 0 Å². The van der Waals surface area contributed by atoms with Crippen LogP contribution in [0, 0.1) is 17.7 Å². The van der Waals surface area contributed by atoms with E-state index in [1.807, 2.05) is 6.92 Å². The van der Waals surface area contributed by atoms with E-state index < -0.39 is 11.9 Å². The fourth-order valence-corrected chi connectivity index (χ4v) is 5.72. The second-order valence-corrected chi connectivity index (χ2v) is 9.09. The first-order valence-corrected chi connectivity index (χ1v) is 10.6. The maximum absolute atomic E-state index is 14.8. The summed E-state index contributed by atoms with van der Waals surface area (Å²) in [6.07, 6.45) is 3.40. The van der Waals surface area contributed by atoms with Crippen LogP contribution in [0.5, 0.6) is 0 Å². The lowest BCUT2D eigenvalue weighted by atomic mass is 9.87. The van der Waals surface area contributed by atoms with Crippen LogP contribution >= 0.6 is 23.4 Å². The van der Waals surface area contributed by atoms with Crippen LogP contribution in [0.1, 0.15) is 44.4 Å². The van der Waals surface area contributed by atoms with Crippen molar-refractivity contribution in [2.45, 2.75) is 49.9 Å². The average molecular weight is 395 g/mol. The summed E-state index contributed by atoms with van der Waals surface area (Å²) in [6.45, 7) is 2.92. The number of aliphatic hydroxyl groups excluding tert-OH is 1. The Balaban J connectivity index is 1.80. The van der Waals surface area contributed by atoms with E-state index in [9.17, 15) is 9.50 Å². The topological polar surface area (TPSA) is 62.1 Å². The summed E-state index contributed by atoms with van der Waals surface area (Å²) in [5.41, 5.74) is 0.596. The van der Waals surface area contributed by atoms with E-state index in [0.717, 1.165) is 18.1 Å². The van der Waals surface area contributed by atoms with Crippen LogP contribution in [0.2, 0.25) is 5.15 Å². The van der Waals surface area contributed by atoms with Crippen molar-refractivity contribution in [1.29, 1.82) is 0 Å². The Morgan fingerprint density at radius 1 is 1.27 bits per heavy atom. The Hall–Kier alpha value is -1.18. The Bertz CT molecular complexity index is 897. The second kappa shape index (κ2) is 6.17. The van der Waals surface area contributed by atoms with Gasteiger partial charge in [0.1, 0.15) is 11.3 Å². The molecule has 1 saturated carbocycles. The summed E-state index contributed by atoms with van der Waals surface area (Å²) in [6, 6.07) is 0.206. The van der Waals surface area contributed by atoms with Crippen molar-refractivity contribution in [1.82, 2.24) is 15.0 Å². The van der Waals surface area contributed by atoms with Gasteiger partial charge in [-0.25, -0.2) is 19.3 Å². The molecule has 4 heterocycles. The van der Waals surface area contributed by atoms with Crippen LogP contribution in [0.3, 0.4) is 0 Å². The van der Waals surface area contributed by atoms with Crippen molar-refractivity contribution in [3.8, 4) is 0 Å². The molecule has 0 aromatic carbocycles. The number of fused-ring (bicyclic) bond motifs is 5. The number of aromatic nitrogens is 3. The Morgan fingerprint density at radius 3 is 2.92 bits per heavy atom. The van der Waals surface area contributed by atoms with Gasteiger partial charge in [0.2, 0.25) is 0 Å². The van der Waals surface area contributed by atoms with E-state index in [4.69, 9.17) is 16.6 Å². The predicted octanol–water partition coefficient (Wildman–Crippen LogP) is 3.97. The molecule has 2 aliphatic heterocycles. The quantitative estimate of drug-likeness (QED) is 0.472. The molecule has 0 radical (unpaired) electrons. The van der Waals surface area contributed by atoms with Gasteiger partial charge in [-0.3, -0.25) is 0 Å². The van der Waals surface area contributed by atoms with E-state index in [1.54, 1.807) is 0 Å². The van der Waals surface area contributed by atoms with Crippen molar-refractivity contribution in [3.63, 3.8) is 0 Å². The third-order valence-corrected chi connectivity index (χ3v) is 7.02. The molecule has 5 nitrogen and oxygen atoms in total. The number of pyridine rings is 1. The standard InChI is InChI=1S/C18H20ClFN4OS/c1-2-26-18-22-15-12-14(21-16(19)13(15)20)11(25)6-10-9-4-3-8(5-9)7-24(10)17(12)23-18/h8-11,25H,2-7H2,1H3/t8-,9+,10+,11+/m0/s1. The zero-order valence-corrected chi connectivity index (χ0v) is 16.0. The molecule has 2 aromatic rings. The molecule has 3 aliphatic rings. The molecule has 4 atom stereocenters. The number of anilines is 1. The van der Waals surface area contributed by atoms with Crippen LogP contribution in [0.4, 0.5) is 10.2 Å². The molecule has 0 unspecified atom stereocenters. The third kappa shape index (κ3) is 2.43. The van der Waals surface area contributed by atoms with Gasteiger partial charge in [0.15, 0.2) is 16.1 Å². The van der Waals surface area contributed by atoms with Crippen LogP contribution in [-0.2, 0) is 0 Å². The molecule has 0 amide bonds. The lowest BCUT2D eigenvalue weighted by molar-refractivity contribution is 0.138. The summed E-state index contributed by atoms with van der Waals surface area (Å²) in [4.78, 5) is 15.7. The first kappa shape index (κ1) is 17.0. The molecule has 1 aliphatic carbocycles. The molecule has 138 valence electrons. The van der Waals surface area contributed by atoms with Crippen LogP contribution < -0.4 is 4.90 Å². The van der Waals surface area contributed by atoms with Crippen LogP contribution in [0.15, 0.2) is 5.16 Å². The second-order valence-electron chi connectivity index (χ2n) is 7.50. The van der Waals surface area contributed by atoms with E-state index in [1.165, 1.54) is 31.0 Å². The van der Waals surface area contributed by atoms with Crippen LogP contribution in [-0.4, -0.2) is 38.4 Å². The zero-order chi connectivity index (χ0) is 18.0. The van der Waals surface area contributed by atoms with Crippen molar-refractivity contribution in [2.24, 2.45) is 11.8 Å². The fraction of sp³-hybridized carbons (Fsp3) is 0.611. The van der Waals surface area contributed by atoms with Gasteiger partial charge in [0.25, 0.3) is 0 Å². The number of hydrogen-bond acceptors (Lipinski definition) is 6. The number of thioether (sulfide) groups is 1. The van der Waals surface area contributed by atoms with Gasteiger partial charge in [-0.1, -0.05) is 30.3 Å². The van der Waals surface area contributed by atoms with Gasteiger partial charge < -0.3 is 10.0 Å². The highest BCUT2D eigenvalue weighted by Gasteiger charge is 2.45. The average Bonchev–Trinajstić information content (AvgIpc) is 2.97. The minimum atomic E-state index is -0.783. The van der Waals surface area contributed by atoms with E-state index >= 15 is 0 Å². The highest BCUT2D eigenvalue weighted by Crippen LogP contribution is 2.49. The minimum Gasteiger partial charge on any atom is -0.387 e. The lowest BCUT2D eigenvalue weighted by Gasteiger charge is -2.40. The monoisotopic (exact) mass is 394 g/mol. The number of rotatable bonds is 2. The molecular weight excluding hydrogens is 375 g/mol. The van der Waals surface area contributed by atoms with Crippen molar-refractivity contribution in [2.75, 3.05) is 17.2 Å². The summed E-state index contributed by atoms with van der Waals surface area (Å²) in [5.74, 6) is 2.09. The number of aliphatic hydroxyl groups is 1. The molecular formula is C18H20ClFN4OS. The highest BCUT2D eigenvalue weighted by atomic mass is 35.5. The smallest absolute Gasteiger partial charge is 0.190 e. The van der Waals surface area contributed by atoms with Crippen molar-refractivity contribution >= 4 is 40.1 Å². The zero-order valence-electron chi connectivity index (χ0n) is 14.5. The van der Waals surface area contributed by atoms with Gasteiger partial charge in [-0.15, -0.1) is 0 Å². The predicted molar refractivity (Wildman–Crippen MR) is 100 cm³/mol. The summed E-state index contributed by atoms with van der Waals surface area (Å²) < 4.78 is 14.8. The maximum Gasteiger partial charge on any atom is 0.190 e. The number of piperidine rings is 1. The summed E-state index contributed by atoms with van der Waals surface area (Å²) in [5, 5.41) is 11.7. The van der Waals surface area contributed by atoms with Gasteiger partial charge >= 0.3 is 0 Å². The first-order valence-electron chi connectivity index (χ1n) is 9.21. The Morgan fingerprint density at radius 2 is 2.12 bits per heavy atom. The van der Waals surface area contributed by atoms with Crippen LogP contribution in [0.25, 0.3) is 10.9 Å². The highest BCUT2D eigenvalue weighted by molar-refractivity contribution is 7.99. The lowest BCUT2D eigenvalue weighted by Crippen LogP contribution is -2.46. The van der Waals surface area contributed by atoms with Crippen molar-refractivity contribution in [3.05, 3.63) is 16.7 Å². The summed E-state index contributed by atoms with van der Waals surface area (Å²) >= 11 is 7.52. The Labute approximate surface area is 160 Å². The molecule has 2 bridgehead atoms. The van der Waals surface area contributed by atoms with Gasteiger partial charge in [0.05, 0.1) is 17.2 Å². The normalized spacial score (nSPS) is 29.8. The maximum atomic E-state index is 14.8. The molecule has 0 spiro atoms. The largest absolute Gasteiger partial charge is 0.387 e. The van der Waals surface area contributed by atoms with E-state index in [2.05, 4.69) is 14.9 Å². The SMILES string of the molecule is CCSc1nc2c3c(nc(Cl)c(F)c3n1)[C@H](O)C[C@@H]1[C@@H]3CC[C@@H](C3)CN21. The Kier molecular flexibility index (Phi) is 4.03.